The maximum atomic E-state index is 5.58. The van der Waals surface area contributed by atoms with E-state index in [1.165, 1.54) is 13.0 Å². The number of anilines is 1. The number of aryl methyl sites for hydroxylation is 1. The molecule has 1 aliphatic heterocycles. The number of hydrogen-bond donors (Lipinski definition) is 1. The Morgan fingerprint density at radius 3 is 2.94 bits per heavy atom. The van der Waals surface area contributed by atoms with Crippen LogP contribution in [0.15, 0.2) is 12.4 Å². The van der Waals surface area contributed by atoms with Crippen LogP contribution in [0.5, 0.6) is 0 Å². The van der Waals surface area contributed by atoms with Crippen molar-refractivity contribution in [2.24, 2.45) is 5.73 Å². The van der Waals surface area contributed by atoms with E-state index in [1.807, 2.05) is 6.20 Å². The molecule has 1 fully saturated rings. The molecule has 1 aliphatic rings. The van der Waals surface area contributed by atoms with E-state index >= 15 is 0 Å². The average molecular weight is 251 g/mol. The van der Waals surface area contributed by atoms with Crippen LogP contribution in [-0.4, -0.2) is 53.7 Å². The minimum absolute atomic E-state index is 0.792. The predicted octanol–water partition coefficient (Wildman–Crippen LogP) is 0.764. The van der Waals surface area contributed by atoms with Gasteiger partial charge in [0.25, 0.3) is 0 Å². The van der Waals surface area contributed by atoms with Crippen LogP contribution >= 0.6 is 0 Å². The Morgan fingerprint density at radius 2 is 2.17 bits per heavy atom. The zero-order valence-corrected chi connectivity index (χ0v) is 11.4. The quantitative estimate of drug-likeness (QED) is 0.839. The van der Waals surface area contributed by atoms with E-state index in [9.17, 15) is 0 Å². The van der Waals surface area contributed by atoms with Crippen LogP contribution in [0.2, 0.25) is 0 Å². The van der Waals surface area contributed by atoms with Gasteiger partial charge in [-0.05, 0) is 39.4 Å². The lowest BCUT2D eigenvalue weighted by Gasteiger charge is -2.23. The van der Waals surface area contributed by atoms with Gasteiger partial charge < -0.3 is 20.1 Å². The average Bonchev–Trinajstić information content (AvgIpc) is 2.75. The molecule has 2 N–H and O–H groups in total. The van der Waals surface area contributed by atoms with Gasteiger partial charge in [-0.15, -0.1) is 0 Å². The summed E-state index contributed by atoms with van der Waals surface area (Å²) in [6.45, 7) is 9.56. The topological polar surface area (TPSA) is 50.3 Å². The largest absolute Gasteiger partial charge is 0.341 e. The number of aromatic nitrogens is 2. The van der Waals surface area contributed by atoms with Gasteiger partial charge in [0.15, 0.2) is 0 Å². The van der Waals surface area contributed by atoms with E-state index in [-0.39, 0.29) is 0 Å². The summed E-state index contributed by atoms with van der Waals surface area (Å²) in [5.41, 5.74) is 5.58. The normalized spacial score (nSPS) is 18.0. The Balaban J connectivity index is 1.92. The van der Waals surface area contributed by atoms with E-state index in [2.05, 4.69) is 32.5 Å². The molecule has 18 heavy (non-hydrogen) atoms. The molecule has 0 aromatic carbocycles. The number of nitrogens with zero attached hydrogens (tertiary/aromatic N) is 4. The third-order valence-electron chi connectivity index (χ3n) is 3.58. The van der Waals surface area contributed by atoms with Crippen LogP contribution in [0, 0.1) is 0 Å². The molecular weight excluding hydrogens is 226 g/mol. The first kappa shape index (κ1) is 13.4. The monoisotopic (exact) mass is 251 g/mol. The van der Waals surface area contributed by atoms with Crippen LogP contribution in [-0.2, 0) is 6.54 Å². The third kappa shape index (κ3) is 3.23. The lowest BCUT2D eigenvalue weighted by molar-refractivity contribution is 0.291. The Kier molecular flexibility index (Phi) is 5.01. The maximum Gasteiger partial charge on any atom is 0.205 e. The summed E-state index contributed by atoms with van der Waals surface area (Å²) < 4.78 is 2.22. The molecule has 0 spiro atoms. The molecule has 0 radical (unpaired) electrons. The second-order valence-corrected chi connectivity index (χ2v) is 4.84. The summed E-state index contributed by atoms with van der Waals surface area (Å²) >= 11 is 0. The standard InChI is InChI=1S/C13H25N5/c1-2-17-10-6-15-13(17)18-9-4-8-16(11-12-18)7-3-5-14/h6,10H,2-5,7-9,11-12,14H2,1H3. The van der Waals surface area contributed by atoms with Crippen molar-refractivity contribution in [3.8, 4) is 0 Å². The highest BCUT2D eigenvalue weighted by Gasteiger charge is 2.17. The first-order valence-electron chi connectivity index (χ1n) is 7.03. The molecule has 0 atom stereocenters. The van der Waals surface area contributed by atoms with Crippen molar-refractivity contribution < 1.29 is 0 Å². The van der Waals surface area contributed by atoms with E-state index in [4.69, 9.17) is 5.73 Å². The Morgan fingerprint density at radius 1 is 1.28 bits per heavy atom. The van der Waals surface area contributed by atoms with Gasteiger partial charge in [-0.3, -0.25) is 0 Å². The summed E-state index contributed by atoms with van der Waals surface area (Å²) in [4.78, 5) is 9.42. The minimum Gasteiger partial charge on any atom is -0.341 e. The molecule has 2 heterocycles. The Bertz CT molecular complexity index is 349. The SMILES string of the molecule is CCn1ccnc1N1CCCN(CCCN)CC1. The van der Waals surface area contributed by atoms with Crippen molar-refractivity contribution in [1.82, 2.24) is 14.5 Å². The van der Waals surface area contributed by atoms with Crippen molar-refractivity contribution in [2.45, 2.75) is 26.3 Å². The molecule has 1 aromatic heterocycles. The fourth-order valence-corrected chi connectivity index (χ4v) is 2.54. The zero-order chi connectivity index (χ0) is 12.8. The van der Waals surface area contributed by atoms with Crippen LogP contribution < -0.4 is 10.6 Å². The van der Waals surface area contributed by atoms with Crippen molar-refractivity contribution >= 4 is 5.95 Å². The predicted molar refractivity (Wildman–Crippen MR) is 74.8 cm³/mol. The highest BCUT2D eigenvalue weighted by atomic mass is 15.3. The molecule has 5 heteroatoms. The summed E-state index contributed by atoms with van der Waals surface area (Å²) in [7, 11) is 0. The zero-order valence-electron chi connectivity index (χ0n) is 11.4. The van der Waals surface area contributed by atoms with Crippen molar-refractivity contribution in [2.75, 3.05) is 44.2 Å². The maximum absolute atomic E-state index is 5.58. The summed E-state index contributed by atoms with van der Waals surface area (Å²) in [6.07, 6.45) is 6.27. The molecule has 0 saturated carbocycles. The Hall–Kier alpha value is -1.07. The number of hydrogen-bond acceptors (Lipinski definition) is 4. The molecule has 1 saturated heterocycles. The molecule has 0 bridgehead atoms. The molecule has 0 aliphatic carbocycles. The molecule has 102 valence electrons. The second-order valence-electron chi connectivity index (χ2n) is 4.84. The first-order chi connectivity index (χ1) is 8.85. The molecule has 0 unspecified atom stereocenters. The van der Waals surface area contributed by atoms with Crippen LogP contribution in [0.1, 0.15) is 19.8 Å². The smallest absolute Gasteiger partial charge is 0.205 e. The van der Waals surface area contributed by atoms with Gasteiger partial charge in [-0.1, -0.05) is 0 Å². The lowest BCUT2D eigenvalue weighted by Crippen LogP contribution is -2.33. The van der Waals surface area contributed by atoms with Gasteiger partial charge in [0.05, 0.1) is 0 Å². The molecule has 5 nitrogen and oxygen atoms in total. The van der Waals surface area contributed by atoms with Crippen LogP contribution in [0.3, 0.4) is 0 Å². The fourth-order valence-electron chi connectivity index (χ4n) is 2.54. The van der Waals surface area contributed by atoms with Gasteiger partial charge in [0.1, 0.15) is 0 Å². The number of imidazole rings is 1. The van der Waals surface area contributed by atoms with Crippen molar-refractivity contribution in [3.05, 3.63) is 12.4 Å². The summed E-state index contributed by atoms with van der Waals surface area (Å²) in [5, 5.41) is 0. The van der Waals surface area contributed by atoms with E-state index in [0.717, 1.165) is 51.6 Å². The Labute approximate surface area is 110 Å². The first-order valence-corrected chi connectivity index (χ1v) is 7.03. The molecule has 2 rings (SSSR count). The summed E-state index contributed by atoms with van der Waals surface area (Å²) in [5.74, 6) is 1.12. The minimum atomic E-state index is 0.792. The van der Waals surface area contributed by atoms with Crippen LogP contribution in [0.25, 0.3) is 0 Å². The van der Waals surface area contributed by atoms with Gasteiger partial charge in [0, 0.05) is 38.6 Å². The van der Waals surface area contributed by atoms with Crippen molar-refractivity contribution in [3.63, 3.8) is 0 Å². The van der Waals surface area contributed by atoms with Gasteiger partial charge in [-0.25, -0.2) is 4.98 Å². The second kappa shape index (κ2) is 6.75. The van der Waals surface area contributed by atoms with Gasteiger partial charge in [0.2, 0.25) is 5.95 Å². The highest BCUT2D eigenvalue weighted by Crippen LogP contribution is 2.14. The van der Waals surface area contributed by atoms with E-state index in [1.54, 1.807) is 0 Å². The molecular formula is C13H25N5. The van der Waals surface area contributed by atoms with Gasteiger partial charge >= 0.3 is 0 Å². The third-order valence-corrected chi connectivity index (χ3v) is 3.58. The fraction of sp³-hybridized carbons (Fsp3) is 0.769. The molecule has 1 aromatic rings. The summed E-state index contributed by atoms with van der Waals surface area (Å²) in [6, 6.07) is 0. The lowest BCUT2D eigenvalue weighted by atomic mass is 10.3. The van der Waals surface area contributed by atoms with E-state index < -0.39 is 0 Å². The molecule has 0 amide bonds. The van der Waals surface area contributed by atoms with Crippen molar-refractivity contribution in [1.29, 1.82) is 0 Å². The highest BCUT2D eigenvalue weighted by molar-refractivity contribution is 5.31. The number of rotatable bonds is 5. The van der Waals surface area contributed by atoms with Gasteiger partial charge in [-0.2, -0.15) is 0 Å². The van der Waals surface area contributed by atoms with Crippen LogP contribution in [0.4, 0.5) is 5.95 Å². The number of nitrogens with two attached hydrogens (primary N) is 1. The van der Waals surface area contributed by atoms with E-state index in [0.29, 0.717) is 0 Å².